The molecule has 0 saturated heterocycles. The molecule has 2 N–H and O–H groups in total. The minimum absolute atomic E-state index is 0.0178. The Morgan fingerprint density at radius 1 is 1.00 bits per heavy atom. The fourth-order valence-electron chi connectivity index (χ4n) is 3.72. The number of aryl methyl sites for hydroxylation is 1. The van der Waals surface area contributed by atoms with Crippen molar-refractivity contribution in [1.29, 1.82) is 0 Å². The van der Waals surface area contributed by atoms with E-state index in [1.165, 1.54) is 12.1 Å². The summed E-state index contributed by atoms with van der Waals surface area (Å²) in [6.07, 6.45) is 1.75. The molecule has 1 aromatic carbocycles. The number of halogens is 1. The van der Waals surface area contributed by atoms with Gasteiger partial charge in [-0.3, -0.25) is 4.57 Å². The number of rotatable bonds is 7. The van der Waals surface area contributed by atoms with E-state index in [1.54, 1.807) is 12.1 Å². The molecule has 0 spiro atoms. The van der Waals surface area contributed by atoms with Crippen LogP contribution in [0.3, 0.4) is 0 Å². The van der Waals surface area contributed by atoms with Crippen molar-refractivity contribution in [3.63, 3.8) is 0 Å². The first-order chi connectivity index (χ1) is 17.1. The number of pyridine rings is 1. The maximum absolute atomic E-state index is 13.6. The second-order valence-electron chi connectivity index (χ2n) is 11.4. The predicted molar refractivity (Wildman–Crippen MR) is 143 cm³/mol. The summed E-state index contributed by atoms with van der Waals surface area (Å²) in [5.74, 6) is 0.692. The number of fused-ring (bicyclic) bond motifs is 1. The average molecular weight is 529 g/mol. The topological polar surface area (TPSA) is 115 Å². The first kappa shape index (κ1) is 26.7. The largest absolute Gasteiger partial charge is 0.340 e. The first-order valence-electron chi connectivity index (χ1n) is 12.0. The lowest BCUT2D eigenvalue weighted by Crippen LogP contribution is -2.16. The summed E-state index contributed by atoms with van der Waals surface area (Å²) in [5, 5.41) is 0. The van der Waals surface area contributed by atoms with Gasteiger partial charge in [0.2, 0.25) is 5.95 Å². The van der Waals surface area contributed by atoms with Gasteiger partial charge in [-0.1, -0.05) is 41.5 Å². The van der Waals surface area contributed by atoms with Gasteiger partial charge in [-0.25, -0.2) is 24.8 Å². The quantitative estimate of drug-likeness (QED) is 0.297. The molecule has 9 nitrogen and oxygen atoms in total. The van der Waals surface area contributed by atoms with E-state index >= 15 is 0 Å². The molecule has 3 aromatic heterocycles. The lowest BCUT2D eigenvalue weighted by Gasteiger charge is -2.19. The third-order valence-electron chi connectivity index (χ3n) is 5.75. The van der Waals surface area contributed by atoms with Gasteiger partial charge in [0.25, 0.3) is 10.1 Å². The molecule has 198 valence electrons. The van der Waals surface area contributed by atoms with Crippen LogP contribution in [0.25, 0.3) is 33.8 Å². The normalized spacial score (nSPS) is 12.9. The van der Waals surface area contributed by atoms with Crippen LogP contribution in [0.2, 0.25) is 0 Å². The van der Waals surface area contributed by atoms with Crippen molar-refractivity contribution >= 4 is 27.2 Å². The number of imidazole rings is 2. The molecule has 0 aliphatic carbocycles. The highest BCUT2D eigenvalue weighted by Crippen LogP contribution is 2.34. The van der Waals surface area contributed by atoms with E-state index in [0.717, 1.165) is 24.1 Å². The molecule has 0 fully saturated rings. The average Bonchev–Trinajstić information content (AvgIpc) is 3.37. The number of aromatic amines is 1. The van der Waals surface area contributed by atoms with Crippen molar-refractivity contribution in [3.8, 4) is 22.6 Å². The molecular weight excluding hydrogens is 495 g/mol. The Balaban J connectivity index is 1.87. The fourth-order valence-corrected chi connectivity index (χ4v) is 3.95. The zero-order chi connectivity index (χ0) is 27.2. The van der Waals surface area contributed by atoms with E-state index in [2.05, 4.69) is 57.0 Å². The molecule has 37 heavy (non-hydrogen) atoms. The van der Waals surface area contributed by atoms with E-state index in [4.69, 9.17) is 14.3 Å². The van der Waals surface area contributed by atoms with Gasteiger partial charge >= 0.3 is 0 Å². The SMILES string of the molecule is CC(C)(C)CCn1c(NOS(C)(=O)=O)nc2ccc(-c3[nH]c(C(C)(C)C)nc3-c3ccc(F)cc3)nc21. The Morgan fingerprint density at radius 3 is 2.27 bits per heavy atom. The van der Waals surface area contributed by atoms with Gasteiger partial charge in [-0.15, -0.1) is 4.28 Å². The van der Waals surface area contributed by atoms with Crippen LogP contribution in [0.5, 0.6) is 0 Å². The molecule has 4 rings (SSSR count). The van der Waals surface area contributed by atoms with Crippen LogP contribution in [0.15, 0.2) is 36.4 Å². The molecule has 0 aliphatic heterocycles. The highest BCUT2D eigenvalue weighted by Gasteiger charge is 2.24. The number of anilines is 1. The second kappa shape index (κ2) is 9.53. The highest BCUT2D eigenvalue weighted by atomic mass is 32.2. The van der Waals surface area contributed by atoms with Crippen molar-refractivity contribution in [1.82, 2.24) is 24.5 Å². The minimum Gasteiger partial charge on any atom is -0.340 e. The zero-order valence-corrected chi connectivity index (χ0v) is 23.0. The molecule has 4 aromatic rings. The molecule has 0 aliphatic rings. The molecule has 0 saturated carbocycles. The summed E-state index contributed by atoms with van der Waals surface area (Å²) < 4.78 is 43.5. The Bertz CT molecular complexity index is 1530. The van der Waals surface area contributed by atoms with E-state index in [9.17, 15) is 12.8 Å². The molecular formula is C26H33FN6O3S. The molecule has 0 unspecified atom stereocenters. The molecule has 0 bridgehead atoms. The standard InChI is InChI=1S/C26H33FN6O3S/c1-25(2,3)14-15-33-22-19(29-24(33)32-36-37(7,34)35)13-12-18(28-22)21-20(16-8-10-17(27)11-9-16)30-23(31-21)26(4,5)6/h8-13H,14-15H2,1-7H3,(H,29,32)(H,30,31). The Morgan fingerprint density at radius 2 is 1.68 bits per heavy atom. The van der Waals surface area contributed by atoms with Crippen molar-refractivity contribution in [2.75, 3.05) is 11.7 Å². The first-order valence-corrected chi connectivity index (χ1v) is 13.8. The van der Waals surface area contributed by atoms with Crippen LogP contribution in [0.1, 0.15) is 53.8 Å². The highest BCUT2D eigenvalue weighted by molar-refractivity contribution is 7.86. The van der Waals surface area contributed by atoms with Gasteiger partial charge in [0.05, 0.1) is 23.3 Å². The maximum Gasteiger partial charge on any atom is 0.285 e. The summed E-state index contributed by atoms with van der Waals surface area (Å²) in [4.78, 5) is 17.7. The third kappa shape index (κ3) is 6.34. The third-order valence-corrected chi connectivity index (χ3v) is 6.14. The van der Waals surface area contributed by atoms with Gasteiger partial charge in [0.15, 0.2) is 5.65 Å². The van der Waals surface area contributed by atoms with Crippen molar-refractivity contribution in [3.05, 3.63) is 48.0 Å². The lowest BCUT2D eigenvalue weighted by atomic mass is 9.92. The molecule has 0 amide bonds. The number of H-pyrrole nitrogens is 1. The maximum atomic E-state index is 13.6. The van der Waals surface area contributed by atoms with Crippen LogP contribution < -0.4 is 5.48 Å². The summed E-state index contributed by atoms with van der Waals surface area (Å²) in [7, 11) is -3.75. The van der Waals surface area contributed by atoms with E-state index < -0.39 is 10.1 Å². The molecule has 0 atom stereocenters. The summed E-state index contributed by atoms with van der Waals surface area (Å²) >= 11 is 0. The summed E-state index contributed by atoms with van der Waals surface area (Å²) in [6, 6.07) is 9.85. The van der Waals surface area contributed by atoms with Crippen molar-refractivity contribution in [2.24, 2.45) is 5.41 Å². The van der Waals surface area contributed by atoms with Gasteiger partial charge in [-0.05, 0) is 48.2 Å². The van der Waals surface area contributed by atoms with Crippen LogP contribution in [0.4, 0.5) is 10.3 Å². The van der Waals surface area contributed by atoms with Gasteiger partial charge in [0.1, 0.15) is 17.2 Å². The second-order valence-corrected chi connectivity index (χ2v) is 13.0. The number of nitrogens with one attached hydrogen (secondary N) is 2. The molecule has 3 heterocycles. The van der Waals surface area contributed by atoms with Crippen LogP contribution in [-0.4, -0.2) is 39.2 Å². The molecule has 0 radical (unpaired) electrons. The Kier molecular flexibility index (Phi) is 6.89. The summed E-state index contributed by atoms with van der Waals surface area (Å²) in [6.45, 7) is 13.1. The van der Waals surface area contributed by atoms with Crippen LogP contribution in [0, 0.1) is 11.2 Å². The number of hydrogen-bond acceptors (Lipinski definition) is 7. The fraction of sp³-hybridized carbons (Fsp3) is 0.423. The van der Waals surface area contributed by atoms with Gasteiger partial charge in [0, 0.05) is 17.5 Å². The minimum atomic E-state index is -3.75. The monoisotopic (exact) mass is 528 g/mol. The van der Waals surface area contributed by atoms with Gasteiger partial charge in [-0.2, -0.15) is 8.42 Å². The van der Waals surface area contributed by atoms with Crippen molar-refractivity contribution < 1.29 is 17.1 Å². The predicted octanol–water partition coefficient (Wildman–Crippen LogP) is 5.66. The number of hydrogen-bond donors (Lipinski definition) is 2. The smallest absolute Gasteiger partial charge is 0.285 e. The Labute approximate surface area is 216 Å². The number of benzene rings is 1. The van der Waals surface area contributed by atoms with Crippen LogP contribution >= 0.6 is 0 Å². The van der Waals surface area contributed by atoms with Crippen LogP contribution in [-0.2, 0) is 26.4 Å². The summed E-state index contributed by atoms with van der Waals surface area (Å²) in [5.41, 5.74) is 6.13. The zero-order valence-electron chi connectivity index (χ0n) is 22.2. The number of aromatic nitrogens is 5. The molecule has 11 heteroatoms. The number of nitrogens with zero attached hydrogens (tertiary/aromatic N) is 4. The van der Waals surface area contributed by atoms with E-state index in [0.29, 0.717) is 34.8 Å². The van der Waals surface area contributed by atoms with Crippen molar-refractivity contribution in [2.45, 2.75) is 59.9 Å². The van der Waals surface area contributed by atoms with Gasteiger partial charge < -0.3 is 4.98 Å². The lowest BCUT2D eigenvalue weighted by molar-refractivity contribution is 0.347. The Hall–Kier alpha value is -3.31. The van der Waals surface area contributed by atoms with E-state index in [-0.39, 0.29) is 22.6 Å². The van der Waals surface area contributed by atoms with E-state index in [1.807, 2.05) is 16.7 Å².